The van der Waals surface area contributed by atoms with Crippen LogP contribution in [0.2, 0.25) is 0 Å². The highest BCUT2D eigenvalue weighted by Crippen LogP contribution is 2.35. The monoisotopic (exact) mass is 268 g/mol. The maximum Gasteiger partial charge on any atom is 0.246 e. The van der Waals surface area contributed by atoms with Crippen molar-refractivity contribution in [2.24, 2.45) is 5.92 Å². The van der Waals surface area contributed by atoms with Crippen molar-refractivity contribution in [1.82, 2.24) is 10.2 Å². The lowest BCUT2D eigenvalue weighted by Crippen LogP contribution is -2.38. The Morgan fingerprint density at radius 3 is 2.68 bits per heavy atom. The fraction of sp³-hybridized carbons (Fsp3) is 0.714. The lowest BCUT2D eigenvalue weighted by molar-refractivity contribution is -0.131. The Labute approximate surface area is 115 Å². The van der Waals surface area contributed by atoms with Gasteiger partial charge < -0.3 is 15.0 Å². The summed E-state index contributed by atoms with van der Waals surface area (Å²) in [6, 6.07) is 0. The molecule has 0 heterocycles. The summed E-state index contributed by atoms with van der Waals surface area (Å²) in [6.45, 7) is 3.28. The van der Waals surface area contributed by atoms with Crippen LogP contribution in [0.25, 0.3) is 0 Å². The third kappa shape index (κ3) is 6.38. The van der Waals surface area contributed by atoms with Gasteiger partial charge in [0.25, 0.3) is 0 Å². The minimum Gasteiger partial charge on any atom is -0.385 e. The molecule has 0 aromatic heterocycles. The number of nitrogens with one attached hydrogen (secondary N) is 1. The van der Waals surface area contributed by atoms with Crippen molar-refractivity contribution in [3.05, 3.63) is 11.6 Å². The van der Waals surface area contributed by atoms with Gasteiger partial charge in [0.05, 0.1) is 6.54 Å². The molecule has 1 N–H and O–H groups in total. The minimum atomic E-state index is -0.135. The lowest BCUT2D eigenvalue weighted by Gasteiger charge is -2.15. The lowest BCUT2D eigenvalue weighted by atomic mass is 10.2. The van der Waals surface area contributed by atoms with Gasteiger partial charge in [0.2, 0.25) is 11.8 Å². The van der Waals surface area contributed by atoms with Gasteiger partial charge in [0.1, 0.15) is 0 Å². The van der Waals surface area contributed by atoms with E-state index in [1.165, 1.54) is 17.7 Å². The van der Waals surface area contributed by atoms with E-state index in [4.69, 9.17) is 4.74 Å². The molecule has 0 bridgehead atoms. The summed E-state index contributed by atoms with van der Waals surface area (Å²) in [4.78, 5) is 24.9. The van der Waals surface area contributed by atoms with Crippen LogP contribution < -0.4 is 5.32 Å². The van der Waals surface area contributed by atoms with Gasteiger partial charge in [-0.05, 0) is 32.1 Å². The van der Waals surface area contributed by atoms with Crippen molar-refractivity contribution in [3.63, 3.8) is 0 Å². The SMILES string of the molecule is COCCCNC(=O)CN(C)C(=O)/C=C(\C)C1CC1. The molecule has 0 radical (unpaired) electrons. The summed E-state index contributed by atoms with van der Waals surface area (Å²) in [7, 11) is 3.27. The summed E-state index contributed by atoms with van der Waals surface area (Å²) >= 11 is 0. The Morgan fingerprint density at radius 1 is 1.42 bits per heavy atom. The predicted octanol–water partition coefficient (Wildman–Crippen LogP) is 0.954. The molecule has 5 heteroatoms. The number of ether oxygens (including phenoxy) is 1. The number of allylic oxidation sites excluding steroid dienone is 1. The zero-order valence-electron chi connectivity index (χ0n) is 12.1. The van der Waals surface area contributed by atoms with Crippen LogP contribution in [-0.4, -0.2) is 50.6 Å². The number of likely N-dealkylation sites (N-methyl/N-ethyl adjacent to an activating group) is 1. The summed E-state index contributed by atoms with van der Waals surface area (Å²) in [5.74, 6) is 0.348. The highest BCUT2D eigenvalue weighted by atomic mass is 16.5. The maximum atomic E-state index is 11.8. The average Bonchev–Trinajstić information content (AvgIpc) is 3.18. The molecular formula is C14H24N2O3. The zero-order valence-corrected chi connectivity index (χ0v) is 12.1. The van der Waals surface area contributed by atoms with E-state index in [9.17, 15) is 9.59 Å². The predicted molar refractivity (Wildman–Crippen MR) is 73.6 cm³/mol. The quantitative estimate of drug-likeness (QED) is 0.527. The first-order valence-electron chi connectivity index (χ1n) is 6.73. The van der Waals surface area contributed by atoms with Crippen molar-refractivity contribution in [2.45, 2.75) is 26.2 Å². The van der Waals surface area contributed by atoms with Crippen LogP contribution in [0.3, 0.4) is 0 Å². The van der Waals surface area contributed by atoms with Gasteiger partial charge >= 0.3 is 0 Å². The third-order valence-electron chi connectivity index (χ3n) is 3.18. The van der Waals surface area contributed by atoms with Gasteiger partial charge in [-0.15, -0.1) is 0 Å². The Hall–Kier alpha value is -1.36. The summed E-state index contributed by atoms with van der Waals surface area (Å²) in [5.41, 5.74) is 1.12. The number of rotatable bonds is 8. The normalized spacial score (nSPS) is 15.2. The molecule has 0 unspecified atom stereocenters. The number of carbonyl (C=O) groups excluding carboxylic acids is 2. The number of amides is 2. The van der Waals surface area contributed by atoms with Crippen LogP contribution in [-0.2, 0) is 14.3 Å². The number of hydrogen-bond acceptors (Lipinski definition) is 3. The van der Waals surface area contributed by atoms with E-state index in [2.05, 4.69) is 5.32 Å². The van der Waals surface area contributed by atoms with Crippen LogP contribution in [0.15, 0.2) is 11.6 Å². The van der Waals surface area contributed by atoms with Crippen LogP contribution in [0.5, 0.6) is 0 Å². The number of methoxy groups -OCH3 is 1. The molecule has 2 amide bonds. The van der Waals surface area contributed by atoms with Gasteiger partial charge in [0, 0.05) is 33.4 Å². The molecule has 5 nitrogen and oxygen atoms in total. The molecule has 0 aromatic carbocycles. The number of hydrogen-bond donors (Lipinski definition) is 1. The highest BCUT2D eigenvalue weighted by molar-refractivity contribution is 5.91. The van der Waals surface area contributed by atoms with Crippen LogP contribution >= 0.6 is 0 Å². The van der Waals surface area contributed by atoms with E-state index < -0.39 is 0 Å². The molecule has 0 aliphatic heterocycles. The van der Waals surface area contributed by atoms with Gasteiger partial charge in [-0.1, -0.05) is 5.57 Å². The fourth-order valence-electron chi connectivity index (χ4n) is 1.76. The van der Waals surface area contributed by atoms with Crippen LogP contribution in [0, 0.1) is 5.92 Å². The van der Waals surface area contributed by atoms with Crippen molar-refractivity contribution in [3.8, 4) is 0 Å². The molecule has 1 aliphatic rings. The van der Waals surface area contributed by atoms with Crippen molar-refractivity contribution in [1.29, 1.82) is 0 Å². The van der Waals surface area contributed by atoms with Crippen LogP contribution in [0.1, 0.15) is 26.2 Å². The van der Waals surface area contributed by atoms with E-state index in [-0.39, 0.29) is 18.4 Å². The molecule has 0 saturated heterocycles. The Bertz CT molecular complexity index is 349. The van der Waals surface area contributed by atoms with E-state index >= 15 is 0 Å². The molecule has 1 aliphatic carbocycles. The van der Waals surface area contributed by atoms with E-state index in [1.807, 2.05) is 6.92 Å². The maximum absolute atomic E-state index is 11.8. The molecule has 0 atom stereocenters. The fourth-order valence-corrected chi connectivity index (χ4v) is 1.76. The van der Waals surface area contributed by atoms with Gasteiger partial charge in [-0.3, -0.25) is 9.59 Å². The largest absolute Gasteiger partial charge is 0.385 e. The molecule has 0 aromatic rings. The second-order valence-corrected chi connectivity index (χ2v) is 5.05. The first-order valence-corrected chi connectivity index (χ1v) is 6.73. The molecular weight excluding hydrogens is 244 g/mol. The molecule has 1 rings (SSSR count). The highest BCUT2D eigenvalue weighted by Gasteiger charge is 2.24. The summed E-state index contributed by atoms with van der Waals surface area (Å²) in [6.07, 6.45) is 4.79. The smallest absolute Gasteiger partial charge is 0.246 e. The van der Waals surface area contributed by atoms with Crippen LogP contribution in [0.4, 0.5) is 0 Å². The number of nitrogens with zero attached hydrogens (tertiary/aromatic N) is 1. The van der Waals surface area contributed by atoms with Gasteiger partial charge in [-0.25, -0.2) is 0 Å². The van der Waals surface area contributed by atoms with E-state index in [1.54, 1.807) is 20.2 Å². The third-order valence-corrected chi connectivity index (χ3v) is 3.18. The first-order chi connectivity index (χ1) is 9.04. The first kappa shape index (κ1) is 15.7. The van der Waals surface area contributed by atoms with Gasteiger partial charge in [0.15, 0.2) is 0 Å². The Kier molecular flexibility index (Phi) is 6.56. The number of carbonyl (C=O) groups is 2. The summed E-state index contributed by atoms with van der Waals surface area (Å²) < 4.78 is 4.89. The van der Waals surface area contributed by atoms with E-state index in [0.717, 1.165) is 12.0 Å². The molecule has 108 valence electrons. The topological polar surface area (TPSA) is 58.6 Å². The molecule has 0 spiro atoms. The minimum absolute atomic E-state index is 0.0975. The molecule has 1 fully saturated rings. The Morgan fingerprint density at radius 2 is 2.11 bits per heavy atom. The van der Waals surface area contributed by atoms with Gasteiger partial charge in [-0.2, -0.15) is 0 Å². The summed E-state index contributed by atoms with van der Waals surface area (Å²) in [5, 5.41) is 2.76. The average molecular weight is 268 g/mol. The second kappa shape index (κ2) is 7.94. The second-order valence-electron chi connectivity index (χ2n) is 5.05. The molecule has 1 saturated carbocycles. The van der Waals surface area contributed by atoms with Crippen molar-refractivity contribution < 1.29 is 14.3 Å². The standard InChI is InChI=1S/C14H24N2O3/c1-11(12-5-6-12)9-14(18)16(2)10-13(17)15-7-4-8-19-3/h9,12H,4-8,10H2,1-3H3,(H,15,17)/b11-9+. The molecule has 19 heavy (non-hydrogen) atoms. The van der Waals surface area contributed by atoms with E-state index in [0.29, 0.717) is 19.1 Å². The Balaban J connectivity index is 2.24. The van der Waals surface area contributed by atoms with Crippen molar-refractivity contribution in [2.75, 3.05) is 33.9 Å². The zero-order chi connectivity index (χ0) is 14.3. The van der Waals surface area contributed by atoms with Crippen molar-refractivity contribution >= 4 is 11.8 Å².